The topological polar surface area (TPSA) is 107 Å². The number of hydrogen-bond acceptors (Lipinski definition) is 7. The standard InChI is InChI=1S/C18H27N5O4S/c1-5-8-11-23-17(19-20-21-23)13-27-18(24)16-12-15(10-9-14(16)4)28(25,26)22(6-2)7-3/h9-10,12H,5-8,11,13H2,1-4H3. The van der Waals surface area contributed by atoms with Gasteiger partial charge in [0.05, 0.1) is 10.5 Å². The summed E-state index contributed by atoms with van der Waals surface area (Å²) in [4.78, 5) is 12.6. The maximum Gasteiger partial charge on any atom is 0.338 e. The molecule has 0 aliphatic rings. The number of hydrogen-bond donors (Lipinski definition) is 0. The van der Waals surface area contributed by atoms with Crippen LogP contribution in [0.25, 0.3) is 0 Å². The van der Waals surface area contributed by atoms with Crippen molar-refractivity contribution >= 4 is 16.0 Å². The van der Waals surface area contributed by atoms with E-state index in [1.54, 1.807) is 31.5 Å². The summed E-state index contributed by atoms with van der Waals surface area (Å²) in [5, 5.41) is 11.4. The lowest BCUT2D eigenvalue weighted by Gasteiger charge is -2.19. The predicted octanol–water partition coefficient (Wildman–Crippen LogP) is 2.17. The molecule has 0 atom stereocenters. The minimum atomic E-state index is -3.66. The zero-order valence-corrected chi connectivity index (χ0v) is 17.6. The first kappa shape index (κ1) is 22.0. The minimum absolute atomic E-state index is 0.0709. The lowest BCUT2D eigenvalue weighted by atomic mass is 10.1. The fraction of sp³-hybridized carbons (Fsp3) is 0.556. The molecule has 0 radical (unpaired) electrons. The van der Waals surface area contributed by atoms with E-state index in [2.05, 4.69) is 22.4 Å². The zero-order valence-electron chi connectivity index (χ0n) is 16.8. The van der Waals surface area contributed by atoms with Gasteiger partial charge in [-0.25, -0.2) is 17.9 Å². The van der Waals surface area contributed by atoms with Crippen molar-refractivity contribution in [3.05, 3.63) is 35.2 Å². The van der Waals surface area contributed by atoms with E-state index in [1.165, 1.54) is 16.4 Å². The summed E-state index contributed by atoms with van der Waals surface area (Å²) in [6, 6.07) is 4.48. The van der Waals surface area contributed by atoms with Gasteiger partial charge in [0.25, 0.3) is 0 Å². The summed E-state index contributed by atoms with van der Waals surface area (Å²) >= 11 is 0. The van der Waals surface area contributed by atoms with Crippen molar-refractivity contribution in [2.24, 2.45) is 0 Å². The molecule has 0 saturated heterocycles. The van der Waals surface area contributed by atoms with Crippen LogP contribution in [0.5, 0.6) is 0 Å². The van der Waals surface area contributed by atoms with E-state index in [-0.39, 0.29) is 17.1 Å². The highest BCUT2D eigenvalue weighted by atomic mass is 32.2. The van der Waals surface area contributed by atoms with Gasteiger partial charge in [-0.15, -0.1) is 5.10 Å². The van der Waals surface area contributed by atoms with E-state index in [4.69, 9.17) is 4.74 Å². The first-order valence-corrected chi connectivity index (χ1v) is 10.8. The molecule has 0 bridgehead atoms. The lowest BCUT2D eigenvalue weighted by molar-refractivity contribution is 0.0455. The number of carbonyl (C=O) groups excluding carboxylic acids is 1. The maximum absolute atomic E-state index is 12.7. The molecule has 0 aliphatic carbocycles. The Morgan fingerprint density at radius 2 is 1.93 bits per heavy atom. The number of ether oxygens (including phenoxy) is 1. The van der Waals surface area contributed by atoms with Crippen LogP contribution in [0.2, 0.25) is 0 Å². The molecule has 28 heavy (non-hydrogen) atoms. The highest BCUT2D eigenvalue weighted by Crippen LogP contribution is 2.20. The summed E-state index contributed by atoms with van der Waals surface area (Å²) in [6.07, 6.45) is 1.91. The van der Waals surface area contributed by atoms with E-state index >= 15 is 0 Å². The molecule has 1 aromatic heterocycles. The van der Waals surface area contributed by atoms with Crippen molar-refractivity contribution in [2.75, 3.05) is 13.1 Å². The fourth-order valence-electron chi connectivity index (χ4n) is 2.71. The third-order valence-corrected chi connectivity index (χ3v) is 6.48. The molecule has 1 heterocycles. The van der Waals surface area contributed by atoms with E-state index in [9.17, 15) is 13.2 Å². The van der Waals surface area contributed by atoms with Gasteiger partial charge >= 0.3 is 5.97 Å². The van der Waals surface area contributed by atoms with Crippen molar-refractivity contribution in [1.82, 2.24) is 24.5 Å². The Bertz CT molecular complexity index is 906. The molecule has 0 unspecified atom stereocenters. The Morgan fingerprint density at radius 1 is 1.21 bits per heavy atom. The summed E-state index contributed by atoms with van der Waals surface area (Å²) in [7, 11) is -3.66. The highest BCUT2D eigenvalue weighted by molar-refractivity contribution is 7.89. The van der Waals surface area contributed by atoms with Crippen molar-refractivity contribution < 1.29 is 17.9 Å². The molecule has 0 N–H and O–H groups in total. The Balaban J connectivity index is 2.19. The number of sulfonamides is 1. The molecule has 154 valence electrons. The van der Waals surface area contributed by atoms with Crippen LogP contribution in [0.4, 0.5) is 0 Å². The second kappa shape index (κ2) is 9.74. The van der Waals surface area contributed by atoms with Crippen molar-refractivity contribution in [2.45, 2.75) is 58.6 Å². The SMILES string of the molecule is CCCCn1nnnc1COC(=O)c1cc(S(=O)(=O)N(CC)CC)ccc1C. The number of carbonyl (C=O) groups is 1. The summed E-state index contributed by atoms with van der Waals surface area (Å²) in [6.45, 7) is 8.61. The molecule has 0 aliphatic heterocycles. The van der Waals surface area contributed by atoms with Crippen LogP contribution in [0.1, 0.15) is 55.4 Å². The number of benzene rings is 1. The highest BCUT2D eigenvalue weighted by Gasteiger charge is 2.24. The Hall–Kier alpha value is -2.33. The van der Waals surface area contributed by atoms with Crippen LogP contribution in [0, 0.1) is 6.92 Å². The Kier molecular flexibility index (Phi) is 7.64. The van der Waals surface area contributed by atoms with Gasteiger partial charge in [0.15, 0.2) is 12.4 Å². The average Bonchev–Trinajstić information content (AvgIpc) is 3.12. The minimum Gasteiger partial charge on any atom is -0.454 e. The second-order valence-corrected chi connectivity index (χ2v) is 8.25. The van der Waals surface area contributed by atoms with Gasteiger partial charge in [0.1, 0.15) is 0 Å². The molecule has 2 rings (SSSR count). The van der Waals surface area contributed by atoms with Gasteiger partial charge in [0, 0.05) is 19.6 Å². The van der Waals surface area contributed by atoms with Crippen LogP contribution >= 0.6 is 0 Å². The maximum atomic E-state index is 12.7. The van der Waals surface area contributed by atoms with Crippen molar-refractivity contribution in [1.29, 1.82) is 0 Å². The number of tetrazole rings is 1. The second-order valence-electron chi connectivity index (χ2n) is 6.31. The van der Waals surface area contributed by atoms with Crippen LogP contribution < -0.4 is 0 Å². The zero-order chi connectivity index (χ0) is 20.7. The first-order chi connectivity index (χ1) is 13.3. The normalized spacial score (nSPS) is 11.8. The molecule has 0 saturated carbocycles. The number of nitrogens with zero attached hydrogens (tertiary/aromatic N) is 5. The Morgan fingerprint density at radius 3 is 2.57 bits per heavy atom. The molecule has 1 aromatic carbocycles. The van der Waals surface area contributed by atoms with Gasteiger partial charge in [-0.1, -0.05) is 33.3 Å². The lowest BCUT2D eigenvalue weighted by Crippen LogP contribution is -2.30. The average molecular weight is 410 g/mol. The molecule has 2 aromatic rings. The first-order valence-electron chi connectivity index (χ1n) is 9.38. The molecular weight excluding hydrogens is 382 g/mol. The molecular formula is C18H27N5O4S. The van der Waals surface area contributed by atoms with E-state index in [1.807, 2.05) is 0 Å². The summed E-state index contributed by atoms with van der Waals surface area (Å²) in [5.74, 6) is -0.162. The van der Waals surface area contributed by atoms with Crippen LogP contribution in [0.3, 0.4) is 0 Å². The number of esters is 1. The predicted molar refractivity (Wildman–Crippen MR) is 103 cm³/mol. The molecule has 10 heteroatoms. The quantitative estimate of drug-likeness (QED) is 0.553. The largest absolute Gasteiger partial charge is 0.454 e. The van der Waals surface area contributed by atoms with Gasteiger partial charge in [0.2, 0.25) is 10.0 Å². The smallest absolute Gasteiger partial charge is 0.338 e. The number of aromatic nitrogens is 4. The third kappa shape index (κ3) is 4.93. The molecule has 0 fully saturated rings. The van der Waals surface area contributed by atoms with Gasteiger partial charge in [-0.2, -0.15) is 4.31 Å². The monoisotopic (exact) mass is 409 g/mol. The summed E-state index contributed by atoms with van der Waals surface area (Å²) < 4.78 is 33.7. The third-order valence-electron chi connectivity index (χ3n) is 4.43. The van der Waals surface area contributed by atoms with Crippen LogP contribution in [-0.4, -0.2) is 52.0 Å². The molecule has 0 spiro atoms. The molecule has 0 amide bonds. The van der Waals surface area contributed by atoms with Crippen molar-refractivity contribution in [3.8, 4) is 0 Å². The van der Waals surface area contributed by atoms with Gasteiger partial charge in [-0.3, -0.25) is 0 Å². The van der Waals surface area contributed by atoms with E-state index < -0.39 is 16.0 Å². The van der Waals surface area contributed by atoms with E-state index in [0.717, 1.165) is 12.8 Å². The molecule has 9 nitrogen and oxygen atoms in total. The van der Waals surface area contributed by atoms with Crippen LogP contribution in [-0.2, 0) is 27.9 Å². The van der Waals surface area contributed by atoms with Gasteiger partial charge < -0.3 is 4.74 Å². The fourth-order valence-corrected chi connectivity index (χ4v) is 4.19. The number of rotatable bonds is 10. The van der Waals surface area contributed by atoms with Crippen molar-refractivity contribution in [3.63, 3.8) is 0 Å². The number of aryl methyl sites for hydroxylation is 2. The Labute approximate surface area is 165 Å². The van der Waals surface area contributed by atoms with Gasteiger partial charge in [-0.05, 0) is 41.5 Å². The van der Waals surface area contributed by atoms with E-state index in [0.29, 0.717) is 31.0 Å². The van der Waals surface area contributed by atoms with Crippen LogP contribution in [0.15, 0.2) is 23.1 Å². The summed E-state index contributed by atoms with van der Waals surface area (Å²) in [5.41, 5.74) is 0.842. The number of unbranched alkanes of at least 4 members (excludes halogenated alkanes) is 1.